The Morgan fingerprint density at radius 2 is 1.30 bits per heavy atom. The van der Waals surface area contributed by atoms with E-state index >= 15 is 0 Å². The van der Waals surface area contributed by atoms with Gasteiger partial charge in [-0.15, -0.1) is 0 Å². The summed E-state index contributed by atoms with van der Waals surface area (Å²) in [6, 6.07) is 0. The van der Waals surface area contributed by atoms with E-state index in [1.807, 2.05) is 0 Å². The summed E-state index contributed by atoms with van der Waals surface area (Å²) < 4.78 is 16.5. The molecule has 2 rings (SSSR count). The van der Waals surface area contributed by atoms with Crippen LogP contribution in [0.25, 0.3) is 0 Å². The molecule has 0 aromatic rings. The zero-order chi connectivity index (χ0) is 17.3. The highest BCUT2D eigenvalue weighted by molar-refractivity contribution is 4.93. The molecule has 5 unspecified atom stereocenters. The Morgan fingerprint density at radius 3 is 1.87 bits per heavy atom. The quantitative estimate of drug-likeness (QED) is 0.314. The zero-order valence-corrected chi connectivity index (χ0v) is 13.1. The molecule has 0 aromatic heterocycles. The van der Waals surface area contributed by atoms with Crippen LogP contribution in [0.2, 0.25) is 0 Å². The third-order valence-electron chi connectivity index (χ3n) is 4.58. The molecule has 136 valence electrons. The van der Waals surface area contributed by atoms with Gasteiger partial charge < -0.3 is 44.8 Å². The lowest BCUT2D eigenvalue weighted by Crippen LogP contribution is -2.62. The van der Waals surface area contributed by atoms with Crippen LogP contribution in [0.3, 0.4) is 0 Å². The van der Waals surface area contributed by atoms with E-state index in [1.54, 1.807) is 13.8 Å². The highest BCUT2D eigenvalue weighted by Gasteiger charge is 2.48. The number of ether oxygens (including phenoxy) is 3. The second-order valence-corrected chi connectivity index (χ2v) is 6.21. The standard InChI is InChI=1S/C14H26O9/c1-5-9(17)10(18)8(4-16)22-14(5)23-13-6(2)21-7(3-15)11(19)12(13)20/h5-20H,3-4H2,1-2H3/t5?,6-,7?,8+,9?,10?,11-,12?,13+,14+/m1/s1. The summed E-state index contributed by atoms with van der Waals surface area (Å²) in [4.78, 5) is 0. The van der Waals surface area contributed by atoms with Crippen molar-refractivity contribution in [2.75, 3.05) is 13.2 Å². The molecule has 0 aliphatic carbocycles. The monoisotopic (exact) mass is 338 g/mol. The van der Waals surface area contributed by atoms with Gasteiger partial charge in [-0.2, -0.15) is 0 Å². The van der Waals surface area contributed by atoms with Crippen molar-refractivity contribution in [2.24, 2.45) is 5.92 Å². The molecule has 0 aromatic carbocycles. The fraction of sp³-hybridized carbons (Fsp3) is 1.00. The minimum absolute atomic E-state index is 0.441. The molecule has 9 heteroatoms. The predicted molar refractivity (Wildman–Crippen MR) is 75.2 cm³/mol. The predicted octanol–water partition coefficient (Wildman–Crippen LogP) is -3.05. The Kier molecular flexibility index (Phi) is 6.34. The van der Waals surface area contributed by atoms with Crippen LogP contribution in [-0.2, 0) is 14.2 Å². The summed E-state index contributed by atoms with van der Waals surface area (Å²) in [5.74, 6) is -0.625. The Morgan fingerprint density at radius 1 is 0.783 bits per heavy atom. The van der Waals surface area contributed by atoms with Crippen molar-refractivity contribution >= 4 is 0 Å². The van der Waals surface area contributed by atoms with Gasteiger partial charge in [-0.1, -0.05) is 6.92 Å². The van der Waals surface area contributed by atoms with E-state index in [2.05, 4.69) is 0 Å². The van der Waals surface area contributed by atoms with Crippen molar-refractivity contribution in [3.8, 4) is 0 Å². The van der Waals surface area contributed by atoms with E-state index in [-0.39, 0.29) is 0 Å². The third kappa shape index (κ3) is 3.68. The molecule has 0 spiro atoms. The van der Waals surface area contributed by atoms with Gasteiger partial charge in [0.05, 0.1) is 25.4 Å². The lowest BCUT2D eigenvalue weighted by atomic mass is 9.91. The zero-order valence-electron chi connectivity index (χ0n) is 13.1. The largest absolute Gasteiger partial charge is 0.394 e. The number of aliphatic hydroxyl groups excluding tert-OH is 6. The summed E-state index contributed by atoms with van der Waals surface area (Å²) in [7, 11) is 0. The molecule has 2 heterocycles. The highest BCUT2D eigenvalue weighted by atomic mass is 16.7. The van der Waals surface area contributed by atoms with Crippen molar-refractivity contribution in [3.05, 3.63) is 0 Å². The van der Waals surface area contributed by atoms with E-state index < -0.39 is 74.3 Å². The normalized spacial score (nSPS) is 51.7. The summed E-state index contributed by atoms with van der Waals surface area (Å²) >= 11 is 0. The molecule has 6 N–H and O–H groups in total. The maximum Gasteiger partial charge on any atom is 0.163 e. The van der Waals surface area contributed by atoms with Crippen LogP contribution in [0.4, 0.5) is 0 Å². The van der Waals surface area contributed by atoms with Crippen LogP contribution in [-0.4, -0.2) is 99.0 Å². The maximum atomic E-state index is 10.2. The Hall–Kier alpha value is -0.360. The summed E-state index contributed by atoms with van der Waals surface area (Å²) in [6.45, 7) is 2.27. The van der Waals surface area contributed by atoms with Crippen LogP contribution in [0.1, 0.15) is 13.8 Å². The van der Waals surface area contributed by atoms with Crippen LogP contribution in [0.5, 0.6) is 0 Å². The number of rotatable bonds is 4. The number of aliphatic hydroxyl groups is 6. The van der Waals surface area contributed by atoms with Crippen LogP contribution in [0.15, 0.2) is 0 Å². The molecule has 0 bridgehead atoms. The third-order valence-corrected chi connectivity index (χ3v) is 4.58. The second kappa shape index (κ2) is 7.68. The molecule has 0 saturated carbocycles. The van der Waals surface area contributed by atoms with E-state index in [0.29, 0.717) is 0 Å². The van der Waals surface area contributed by atoms with Crippen LogP contribution >= 0.6 is 0 Å². The first-order valence-electron chi connectivity index (χ1n) is 7.72. The van der Waals surface area contributed by atoms with Gasteiger partial charge in [0.1, 0.15) is 36.6 Å². The minimum Gasteiger partial charge on any atom is -0.394 e. The number of hydrogen-bond donors (Lipinski definition) is 6. The summed E-state index contributed by atoms with van der Waals surface area (Å²) in [6.07, 6.45) is -9.59. The molecule has 2 saturated heterocycles. The molecule has 0 amide bonds. The van der Waals surface area contributed by atoms with Gasteiger partial charge in [0.15, 0.2) is 6.29 Å². The first kappa shape index (κ1) is 19.0. The molecule has 23 heavy (non-hydrogen) atoms. The molecular formula is C14H26O9. The Balaban J connectivity index is 2.08. The molecule has 2 fully saturated rings. The van der Waals surface area contributed by atoms with Crippen LogP contribution in [0, 0.1) is 5.92 Å². The average Bonchev–Trinajstić information content (AvgIpc) is 2.54. The summed E-state index contributed by atoms with van der Waals surface area (Å²) in [5, 5.41) is 58.3. The second-order valence-electron chi connectivity index (χ2n) is 6.21. The van der Waals surface area contributed by atoms with Crippen molar-refractivity contribution in [1.82, 2.24) is 0 Å². The van der Waals surface area contributed by atoms with Gasteiger partial charge in [-0.3, -0.25) is 0 Å². The highest BCUT2D eigenvalue weighted by Crippen LogP contribution is 2.31. The number of hydrogen-bond acceptors (Lipinski definition) is 9. The average molecular weight is 338 g/mol. The van der Waals surface area contributed by atoms with Gasteiger partial charge in [0.25, 0.3) is 0 Å². The van der Waals surface area contributed by atoms with Crippen molar-refractivity contribution < 1.29 is 44.8 Å². The summed E-state index contributed by atoms with van der Waals surface area (Å²) in [5.41, 5.74) is 0. The molecular weight excluding hydrogens is 312 g/mol. The van der Waals surface area contributed by atoms with Gasteiger partial charge in [0, 0.05) is 5.92 Å². The topological polar surface area (TPSA) is 149 Å². The Labute approximate surface area is 134 Å². The van der Waals surface area contributed by atoms with Gasteiger partial charge in [0.2, 0.25) is 0 Å². The van der Waals surface area contributed by atoms with Crippen molar-refractivity contribution in [1.29, 1.82) is 0 Å². The lowest BCUT2D eigenvalue weighted by Gasteiger charge is -2.46. The lowest BCUT2D eigenvalue weighted by molar-refractivity contribution is -0.328. The maximum absolute atomic E-state index is 10.2. The molecule has 2 aliphatic heterocycles. The van der Waals surface area contributed by atoms with Gasteiger partial charge >= 0.3 is 0 Å². The minimum atomic E-state index is -1.33. The smallest absolute Gasteiger partial charge is 0.163 e. The van der Waals surface area contributed by atoms with E-state index in [1.165, 1.54) is 0 Å². The fourth-order valence-corrected chi connectivity index (χ4v) is 3.00. The van der Waals surface area contributed by atoms with Crippen LogP contribution < -0.4 is 0 Å². The van der Waals surface area contributed by atoms with Crippen molar-refractivity contribution in [3.63, 3.8) is 0 Å². The first-order chi connectivity index (χ1) is 10.8. The van der Waals surface area contributed by atoms with E-state index in [4.69, 9.17) is 19.3 Å². The fourth-order valence-electron chi connectivity index (χ4n) is 3.00. The van der Waals surface area contributed by atoms with Gasteiger partial charge in [-0.05, 0) is 6.92 Å². The van der Waals surface area contributed by atoms with Gasteiger partial charge in [-0.25, -0.2) is 0 Å². The Bertz CT molecular complexity index is 379. The SMILES string of the molecule is CC1C(O)C(O)[C@H](CO)O[C@H]1O[C@@H]1C(O)[C@H](O)C(CO)O[C@@H]1C. The first-order valence-corrected chi connectivity index (χ1v) is 7.72. The van der Waals surface area contributed by atoms with E-state index in [0.717, 1.165) is 0 Å². The molecule has 0 radical (unpaired) electrons. The van der Waals surface area contributed by atoms with Crippen molar-refractivity contribution in [2.45, 2.75) is 69.0 Å². The molecule has 9 nitrogen and oxygen atoms in total. The van der Waals surface area contributed by atoms with E-state index in [9.17, 15) is 25.5 Å². The molecule has 2 aliphatic rings. The molecule has 10 atom stereocenters.